The molecule has 0 aliphatic heterocycles. The highest BCUT2D eigenvalue weighted by molar-refractivity contribution is 5.77. The second kappa shape index (κ2) is 6.93. The van der Waals surface area contributed by atoms with Gasteiger partial charge >= 0.3 is 0 Å². The maximum absolute atomic E-state index is 12.1. The van der Waals surface area contributed by atoms with Crippen LogP contribution in [0.2, 0.25) is 0 Å². The van der Waals surface area contributed by atoms with Crippen molar-refractivity contribution in [2.24, 2.45) is 0 Å². The molecule has 0 heterocycles. The molecule has 110 valence electrons. The standard InChI is InChI=1S/C18H21NO2/c1-14-8-4-6-10-16(14)12-19(3)18(20)13-21-17-11-7-5-9-15(17)2/h4-11H,12-13H2,1-3H3. The monoisotopic (exact) mass is 283 g/mol. The van der Waals surface area contributed by atoms with Crippen molar-refractivity contribution in [1.29, 1.82) is 0 Å². The van der Waals surface area contributed by atoms with Crippen molar-refractivity contribution in [1.82, 2.24) is 4.90 Å². The molecule has 3 nitrogen and oxygen atoms in total. The Morgan fingerprint density at radius 1 is 1.00 bits per heavy atom. The van der Waals surface area contributed by atoms with Crippen molar-refractivity contribution in [2.75, 3.05) is 13.7 Å². The van der Waals surface area contributed by atoms with Crippen LogP contribution in [0.4, 0.5) is 0 Å². The van der Waals surface area contributed by atoms with E-state index in [1.165, 1.54) is 5.56 Å². The molecule has 3 heteroatoms. The van der Waals surface area contributed by atoms with E-state index in [0.717, 1.165) is 16.9 Å². The summed E-state index contributed by atoms with van der Waals surface area (Å²) in [4.78, 5) is 13.8. The fourth-order valence-electron chi connectivity index (χ4n) is 2.10. The first kappa shape index (κ1) is 15.1. The van der Waals surface area contributed by atoms with Gasteiger partial charge in [0.05, 0.1) is 0 Å². The summed E-state index contributed by atoms with van der Waals surface area (Å²) in [5.74, 6) is 0.733. The zero-order chi connectivity index (χ0) is 15.2. The van der Waals surface area contributed by atoms with E-state index in [2.05, 4.69) is 13.0 Å². The summed E-state index contributed by atoms with van der Waals surface area (Å²) in [5, 5.41) is 0. The fourth-order valence-corrected chi connectivity index (χ4v) is 2.10. The van der Waals surface area contributed by atoms with E-state index in [-0.39, 0.29) is 12.5 Å². The summed E-state index contributed by atoms with van der Waals surface area (Å²) in [5.41, 5.74) is 3.38. The molecule has 0 saturated carbocycles. The molecule has 0 atom stereocenters. The average molecular weight is 283 g/mol. The molecule has 0 fully saturated rings. The number of para-hydroxylation sites is 1. The Balaban J connectivity index is 1.91. The number of carbonyl (C=O) groups excluding carboxylic acids is 1. The van der Waals surface area contributed by atoms with Crippen molar-refractivity contribution in [2.45, 2.75) is 20.4 Å². The van der Waals surface area contributed by atoms with Crippen LogP contribution in [0.15, 0.2) is 48.5 Å². The molecule has 0 spiro atoms. The summed E-state index contributed by atoms with van der Waals surface area (Å²) in [6.45, 7) is 4.68. The Hall–Kier alpha value is -2.29. The van der Waals surface area contributed by atoms with Crippen LogP contribution in [0.5, 0.6) is 5.75 Å². The summed E-state index contributed by atoms with van der Waals surface area (Å²) in [6, 6.07) is 15.8. The summed E-state index contributed by atoms with van der Waals surface area (Å²) in [6.07, 6.45) is 0. The van der Waals surface area contributed by atoms with Gasteiger partial charge < -0.3 is 9.64 Å². The van der Waals surface area contributed by atoms with Gasteiger partial charge in [-0.2, -0.15) is 0 Å². The summed E-state index contributed by atoms with van der Waals surface area (Å²) < 4.78 is 5.60. The van der Waals surface area contributed by atoms with Gasteiger partial charge in [0, 0.05) is 13.6 Å². The van der Waals surface area contributed by atoms with Crippen molar-refractivity contribution < 1.29 is 9.53 Å². The Kier molecular flexibility index (Phi) is 4.99. The van der Waals surface area contributed by atoms with Crippen molar-refractivity contribution in [3.05, 3.63) is 65.2 Å². The number of amides is 1. The van der Waals surface area contributed by atoms with Crippen LogP contribution in [0, 0.1) is 13.8 Å². The third kappa shape index (κ3) is 4.09. The van der Waals surface area contributed by atoms with Gasteiger partial charge in [0.15, 0.2) is 6.61 Å². The lowest BCUT2D eigenvalue weighted by atomic mass is 10.1. The highest BCUT2D eigenvalue weighted by Gasteiger charge is 2.11. The largest absolute Gasteiger partial charge is 0.484 e. The SMILES string of the molecule is Cc1ccccc1CN(C)C(=O)COc1ccccc1C. The van der Waals surface area contributed by atoms with Crippen LogP contribution in [0.3, 0.4) is 0 Å². The Morgan fingerprint density at radius 2 is 1.62 bits per heavy atom. The van der Waals surface area contributed by atoms with E-state index in [1.54, 1.807) is 11.9 Å². The third-order valence-electron chi connectivity index (χ3n) is 3.54. The highest BCUT2D eigenvalue weighted by atomic mass is 16.5. The van der Waals surface area contributed by atoms with Gasteiger partial charge in [-0.3, -0.25) is 4.79 Å². The number of aryl methyl sites for hydroxylation is 2. The molecule has 2 rings (SSSR count). The second-order valence-electron chi connectivity index (χ2n) is 5.23. The van der Waals surface area contributed by atoms with E-state index in [4.69, 9.17) is 4.74 Å². The lowest BCUT2D eigenvalue weighted by Crippen LogP contribution is -2.31. The number of hydrogen-bond acceptors (Lipinski definition) is 2. The molecule has 0 saturated heterocycles. The quantitative estimate of drug-likeness (QED) is 0.842. The van der Waals surface area contributed by atoms with Gasteiger partial charge in [-0.15, -0.1) is 0 Å². The van der Waals surface area contributed by atoms with E-state index in [9.17, 15) is 4.79 Å². The van der Waals surface area contributed by atoms with Gasteiger partial charge in [0.25, 0.3) is 5.91 Å². The topological polar surface area (TPSA) is 29.5 Å². The lowest BCUT2D eigenvalue weighted by Gasteiger charge is -2.19. The molecule has 1 amide bonds. The maximum Gasteiger partial charge on any atom is 0.260 e. The molecule has 0 N–H and O–H groups in total. The molecular weight excluding hydrogens is 262 g/mol. The number of rotatable bonds is 5. The van der Waals surface area contributed by atoms with Crippen molar-refractivity contribution in [3.63, 3.8) is 0 Å². The molecule has 0 aromatic heterocycles. The fraction of sp³-hybridized carbons (Fsp3) is 0.278. The number of likely N-dealkylation sites (N-methyl/N-ethyl adjacent to an activating group) is 1. The highest BCUT2D eigenvalue weighted by Crippen LogP contribution is 2.16. The maximum atomic E-state index is 12.1. The molecule has 0 radical (unpaired) electrons. The Labute approximate surface area is 126 Å². The minimum atomic E-state index is -0.0264. The van der Waals surface area contributed by atoms with Crippen LogP contribution >= 0.6 is 0 Å². The average Bonchev–Trinajstić information content (AvgIpc) is 2.48. The Morgan fingerprint density at radius 3 is 2.29 bits per heavy atom. The number of ether oxygens (including phenoxy) is 1. The normalized spacial score (nSPS) is 10.2. The first-order valence-corrected chi connectivity index (χ1v) is 7.05. The number of carbonyl (C=O) groups is 1. The first-order valence-electron chi connectivity index (χ1n) is 7.05. The minimum Gasteiger partial charge on any atom is -0.484 e. The van der Waals surface area contributed by atoms with Crippen molar-refractivity contribution in [3.8, 4) is 5.75 Å². The smallest absolute Gasteiger partial charge is 0.260 e. The van der Waals surface area contributed by atoms with Crippen LogP contribution < -0.4 is 4.74 Å². The molecule has 0 aliphatic rings. The predicted octanol–water partition coefficient (Wildman–Crippen LogP) is 3.34. The van der Waals surface area contributed by atoms with Crippen LogP contribution in [0.25, 0.3) is 0 Å². The third-order valence-corrected chi connectivity index (χ3v) is 3.54. The second-order valence-corrected chi connectivity index (χ2v) is 5.23. The molecule has 21 heavy (non-hydrogen) atoms. The van der Waals surface area contributed by atoms with Crippen LogP contribution in [-0.2, 0) is 11.3 Å². The molecular formula is C18H21NO2. The number of hydrogen-bond donors (Lipinski definition) is 0. The van der Waals surface area contributed by atoms with Crippen LogP contribution in [0.1, 0.15) is 16.7 Å². The van der Waals surface area contributed by atoms with Gasteiger partial charge in [0.2, 0.25) is 0 Å². The molecule has 0 aliphatic carbocycles. The molecule has 0 unspecified atom stereocenters. The van der Waals surface area contributed by atoms with E-state index in [0.29, 0.717) is 6.54 Å². The number of nitrogens with zero attached hydrogens (tertiary/aromatic N) is 1. The van der Waals surface area contributed by atoms with E-state index < -0.39 is 0 Å². The number of benzene rings is 2. The van der Waals surface area contributed by atoms with Crippen molar-refractivity contribution >= 4 is 5.91 Å². The van der Waals surface area contributed by atoms with E-state index >= 15 is 0 Å². The molecule has 0 bridgehead atoms. The predicted molar refractivity (Wildman–Crippen MR) is 84.3 cm³/mol. The van der Waals surface area contributed by atoms with Gasteiger partial charge in [-0.25, -0.2) is 0 Å². The Bertz CT molecular complexity index is 622. The zero-order valence-corrected chi connectivity index (χ0v) is 12.8. The van der Waals surface area contributed by atoms with Gasteiger partial charge in [-0.1, -0.05) is 42.5 Å². The summed E-state index contributed by atoms with van der Waals surface area (Å²) >= 11 is 0. The zero-order valence-electron chi connectivity index (χ0n) is 12.8. The molecule has 2 aromatic carbocycles. The van der Waals surface area contributed by atoms with Gasteiger partial charge in [0.1, 0.15) is 5.75 Å². The van der Waals surface area contributed by atoms with Gasteiger partial charge in [-0.05, 0) is 36.6 Å². The lowest BCUT2D eigenvalue weighted by molar-refractivity contribution is -0.132. The van der Waals surface area contributed by atoms with Crippen LogP contribution in [-0.4, -0.2) is 24.5 Å². The molecule has 2 aromatic rings. The minimum absolute atomic E-state index is 0.0264. The van der Waals surface area contributed by atoms with E-state index in [1.807, 2.05) is 49.4 Å². The summed E-state index contributed by atoms with van der Waals surface area (Å²) in [7, 11) is 1.80. The first-order chi connectivity index (χ1) is 10.1.